The summed E-state index contributed by atoms with van der Waals surface area (Å²) >= 11 is 0. The van der Waals surface area contributed by atoms with Gasteiger partial charge in [-0.1, -0.05) is 0 Å². The largest absolute Gasteiger partial charge is 0.489 e. The Labute approximate surface area is 161 Å². The van der Waals surface area contributed by atoms with E-state index in [9.17, 15) is 9.59 Å². The maximum Gasteiger partial charge on any atom is 0.253 e. The van der Waals surface area contributed by atoms with Crippen LogP contribution < -0.4 is 15.0 Å². The zero-order valence-corrected chi connectivity index (χ0v) is 16.9. The summed E-state index contributed by atoms with van der Waals surface area (Å²) in [4.78, 5) is 28.0. The molecule has 1 heterocycles. The Kier molecular flexibility index (Phi) is 7.47. The molecule has 7 nitrogen and oxygen atoms in total. The van der Waals surface area contributed by atoms with Crippen LogP contribution in [0.2, 0.25) is 0 Å². The standard InChI is InChI=1S/C20H31N3O4/c1-14(2)26-10-6-9-21-19(24)12-16-13-27-18-8-7-15(20(25)22(3)4)11-17(18)23(16)5/h7-8,11,14,16H,6,9-10,12-13H2,1-5H3,(H,21,24)/t16-/m1/s1. The third-order valence-electron chi connectivity index (χ3n) is 4.49. The summed E-state index contributed by atoms with van der Waals surface area (Å²) < 4.78 is 11.3. The first-order chi connectivity index (χ1) is 12.8. The molecule has 1 aliphatic heterocycles. The fourth-order valence-electron chi connectivity index (χ4n) is 2.90. The van der Waals surface area contributed by atoms with Gasteiger partial charge in [0.1, 0.15) is 12.4 Å². The minimum Gasteiger partial charge on any atom is -0.489 e. The summed E-state index contributed by atoms with van der Waals surface area (Å²) in [5.41, 5.74) is 1.43. The number of benzene rings is 1. The molecular weight excluding hydrogens is 346 g/mol. The Morgan fingerprint density at radius 2 is 2.11 bits per heavy atom. The number of nitrogens with zero attached hydrogens (tertiary/aromatic N) is 2. The molecule has 0 spiro atoms. The molecule has 0 saturated heterocycles. The first kappa shape index (κ1) is 21.0. The highest BCUT2D eigenvalue weighted by atomic mass is 16.5. The number of likely N-dealkylation sites (N-methyl/N-ethyl adjacent to an activating group) is 1. The highest BCUT2D eigenvalue weighted by Gasteiger charge is 2.27. The third kappa shape index (κ3) is 5.85. The van der Waals surface area contributed by atoms with Crippen molar-refractivity contribution >= 4 is 17.5 Å². The summed E-state index contributed by atoms with van der Waals surface area (Å²) in [5, 5.41) is 2.93. The Balaban J connectivity index is 1.91. The molecule has 0 unspecified atom stereocenters. The molecular formula is C20H31N3O4. The second kappa shape index (κ2) is 9.60. The number of anilines is 1. The minimum atomic E-state index is -0.0749. The van der Waals surface area contributed by atoms with Gasteiger partial charge in [-0.15, -0.1) is 0 Å². The predicted octanol–water partition coefficient (Wildman–Crippen LogP) is 1.91. The monoisotopic (exact) mass is 377 g/mol. The molecule has 0 aromatic heterocycles. The Morgan fingerprint density at radius 1 is 1.37 bits per heavy atom. The maximum absolute atomic E-state index is 12.2. The van der Waals surface area contributed by atoms with Crippen molar-refractivity contribution in [2.45, 2.75) is 38.8 Å². The Bertz CT molecular complexity index is 661. The van der Waals surface area contributed by atoms with E-state index < -0.39 is 0 Å². The van der Waals surface area contributed by atoms with Gasteiger partial charge in [-0.05, 0) is 38.5 Å². The second-order valence-corrected chi connectivity index (χ2v) is 7.28. The lowest BCUT2D eigenvalue weighted by Gasteiger charge is -2.35. The molecule has 0 radical (unpaired) electrons. The van der Waals surface area contributed by atoms with Gasteiger partial charge < -0.3 is 24.6 Å². The molecule has 0 fully saturated rings. The topological polar surface area (TPSA) is 71.1 Å². The van der Waals surface area contributed by atoms with Gasteiger partial charge in [-0.3, -0.25) is 9.59 Å². The van der Waals surface area contributed by atoms with Gasteiger partial charge in [0.25, 0.3) is 5.91 Å². The first-order valence-corrected chi connectivity index (χ1v) is 9.39. The van der Waals surface area contributed by atoms with Gasteiger partial charge in [0.05, 0.1) is 24.3 Å². The van der Waals surface area contributed by atoms with E-state index in [0.29, 0.717) is 31.7 Å². The summed E-state index contributed by atoms with van der Waals surface area (Å²) in [6.45, 7) is 5.66. The van der Waals surface area contributed by atoms with Crippen LogP contribution in [0.5, 0.6) is 5.75 Å². The number of carbonyl (C=O) groups excluding carboxylic acids is 2. The normalized spacial score (nSPS) is 15.9. The minimum absolute atomic E-state index is 0.0102. The Morgan fingerprint density at radius 3 is 2.78 bits per heavy atom. The summed E-state index contributed by atoms with van der Waals surface area (Å²) in [6.07, 6.45) is 1.34. The number of hydrogen-bond acceptors (Lipinski definition) is 5. The molecule has 27 heavy (non-hydrogen) atoms. The zero-order chi connectivity index (χ0) is 20.0. The molecule has 0 aliphatic carbocycles. The van der Waals surface area contributed by atoms with E-state index in [1.807, 2.05) is 37.9 Å². The van der Waals surface area contributed by atoms with E-state index in [1.165, 1.54) is 0 Å². The molecule has 1 aromatic carbocycles. The van der Waals surface area contributed by atoms with Crippen molar-refractivity contribution in [2.24, 2.45) is 0 Å². The molecule has 0 saturated carbocycles. The first-order valence-electron chi connectivity index (χ1n) is 9.39. The van der Waals surface area contributed by atoms with Crippen LogP contribution >= 0.6 is 0 Å². The number of amides is 2. The Hall–Kier alpha value is -2.28. The zero-order valence-electron chi connectivity index (χ0n) is 16.9. The van der Waals surface area contributed by atoms with Crippen molar-refractivity contribution in [3.05, 3.63) is 23.8 Å². The molecule has 1 aliphatic rings. The van der Waals surface area contributed by atoms with E-state index in [1.54, 1.807) is 25.1 Å². The smallest absolute Gasteiger partial charge is 0.253 e. The quantitative estimate of drug-likeness (QED) is 0.701. The summed E-state index contributed by atoms with van der Waals surface area (Å²) in [7, 11) is 5.38. The van der Waals surface area contributed by atoms with Gasteiger partial charge >= 0.3 is 0 Å². The van der Waals surface area contributed by atoms with Gasteiger partial charge in [-0.2, -0.15) is 0 Å². The van der Waals surface area contributed by atoms with Crippen LogP contribution in [0.1, 0.15) is 37.0 Å². The SMILES string of the molecule is CC(C)OCCCNC(=O)C[C@@H]1COc2ccc(C(=O)N(C)C)cc2N1C. The van der Waals surface area contributed by atoms with Crippen LogP contribution in [0.25, 0.3) is 0 Å². The van der Waals surface area contributed by atoms with Crippen molar-refractivity contribution in [1.82, 2.24) is 10.2 Å². The number of nitrogens with one attached hydrogen (secondary N) is 1. The summed E-state index contributed by atoms with van der Waals surface area (Å²) in [6, 6.07) is 5.33. The van der Waals surface area contributed by atoms with Crippen molar-refractivity contribution in [2.75, 3.05) is 45.8 Å². The van der Waals surface area contributed by atoms with Gasteiger partial charge in [-0.25, -0.2) is 0 Å². The lowest BCUT2D eigenvalue weighted by molar-refractivity contribution is -0.121. The van der Waals surface area contributed by atoms with E-state index in [-0.39, 0.29) is 24.0 Å². The molecule has 1 N–H and O–H groups in total. The number of rotatable bonds is 8. The molecule has 0 bridgehead atoms. The van der Waals surface area contributed by atoms with Crippen molar-refractivity contribution in [3.63, 3.8) is 0 Å². The predicted molar refractivity (Wildman–Crippen MR) is 105 cm³/mol. The van der Waals surface area contributed by atoms with Crippen LogP contribution in [0.15, 0.2) is 18.2 Å². The van der Waals surface area contributed by atoms with E-state index >= 15 is 0 Å². The molecule has 7 heteroatoms. The van der Waals surface area contributed by atoms with E-state index in [4.69, 9.17) is 9.47 Å². The van der Waals surface area contributed by atoms with Gasteiger partial charge in [0.15, 0.2) is 0 Å². The van der Waals surface area contributed by atoms with Crippen LogP contribution in [0.4, 0.5) is 5.69 Å². The van der Waals surface area contributed by atoms with E-state index in [2.05, 4.69) is 5.32 Å². The van der Waals surface area contributed by atoms with Crippen molar-refractivity contribution in [3.8, 4) is 5.75 Å². The van der Waals surface area contributed by atoms with Gasteiger partial charge in [0, 0.05) is 39.9 Å². The summed E-state index contributed by atoms with van der Waals surface area (Å²) in [5.74, 6) is 0.661. The van der Waals surface area contributed by atoms with Crippen LogP contribution in [0.3, 0.4) is 0 Å². The molecule has 1 atom stereocenters. The number of fused-ring (bicyclic) bond motifs is 1. The van der Waals surface area contributed by atoms with Crippen molar-refractivity contribution < 1.29 is 19.1 Å². The average Bonchev–Trinajstić information content (AvgIpc) is 2.62. The average molecular weight is 377 g/mol. The van der Waals surface area contributed by atoms with Crippen LogP contribution in [-0.4, -0.2) is 69.8 Å². The number of hydrogen-bond donors (Lipinski definition) is 1. The molecule has 2 amide bonds. The lowest BCUT2D eigenvalue weighted by Crippen LogP contribution is -2.44. The fraction of sp³-hybridized carbons (Fsp3) is 0.600. The fourth-order valence-corrected chi connectivity index (χ4v) is 2.90. The number of ether oxygens (including phenoxy) is 2. The molecule has 2 rings (SSSR count). The second-order valence-electron chi connectivity index (χ2n) is 7.28. The van der Waals surface area contributed by atoms with E-state index in [0.717, 1.165) is 17.9 Å². The third-order valence-corrected chi connectivity index (χ3v) is 4.49. The van der Waals surface area contributed by atoms with Crippen LogP contribution in [-0.2, 0) is 9.53 Å². The highest BCUT2D eigenvalue weighted by molar-refractivity contribution is 5.95. The van der Waals surface area contributed by atoms with Crippen LogP contribution in [0, 0.1) is 0 Å². The highest BCUT2D eigenvalue weighted by Crippen LogP contribution is 2.34. The molecule has 150 valence electrons. The lowest BCUT2D eigenvalue weighted by atomic mass is 10.1. The van der Waals surface area contributed by atoms with Gasteiger partial charge in [0.2, 0.25) is 5.91 Å². The molecule has 1 aromatic rings. The maximum atomic E-state index is 12.2. The van der Waals surface area contributed by atoms with Crippen molar-refractivity contribution in [1.29, 1.82) is 0 Å². The number of carbonyl (C=O) groups is 2.